The lowest BCUT2D eigenvalue weighted by Gasteiger charge is -2.36. The van der Waals surface area contributed by atoms with Crippen LogP contribution in [0, 0.1) is 0 Å². The van der Waals surface area contributed by atoms with Crippen LogP contribution in [-0.2, 0) is 10.8 Å². The van der Waals surface area contributed by atoms with Gasteiger partial charge in [0.15, 0.2) is 0 Å². The number of fused-ring (bicyclic) bond motifs is 6. The Hall–Kier alpha value is -1.99. The predicted molar refractivity (Wildman–Crippen MR) is 107 cm³/mol. The van der Waals surface area contributed by atoms with Gasteiger partial charge in [0.1, 0.15) is 0 Å². The van der Waals surface area contributed by atoms with Gasteiger partial charge in [0.05, 0.1) is 0 Å². The summed E-state index contributed by atoms with van der Waals surface area (Å²) < 4.78 is 0. The molecule has 0 aromatic heterocycles. The van der Waals surface area contributed by atoms with Gasteiger partial charge in [-0.1, -0.05) is 94.1 Å². The molecule has 0 fully saturated rings. The van der Waals surface area contributed by atoms with Crippen molar-refractivity contribution >= 4 is 11.8 Å². The Morgan fingerprint density at radius 1 is 0.600 bits per heavy atom. The molecule has 0 saturated heterocycles. The topological polar surface area (TPSA) is 0 Å². The van der Waals surface area contributed by atoms with Crippen molar-refractivity contribution in [3.63, 3.8) is 0 Å². The van der Waals surface area contributed by atoms with Crippen LogP contribution in [0.5, 0.6) is 0 Å². The summed E-state index contributed by atoms with van der Waals surface area (Å²) in [4.78, 5) is 2.86. The number of benzene rings is 3. The van der Waals surface area contributed by atoms with Crippen molar-refractivity contribution < 1.29 is 0 Å². The minimum absolute atomic E-state index is 0.0356. The molecule has 5 rings (SSSR count). The van der Waals surface area contributed by atoms with Gasteiger partial charge in [0.2, 0.25) is 0 Å². The van der Waals surface area contributed by atoms with E-state index in [0.717, 1.165) is 0 Å². The number of hydrogen-bond donors (Lipinski definition) is 0. The van der Waals surface area contributed by atoms with Gasteiger partial charge in [-0.05, 0) is 33.9 Å². The molecule has 0 saturated carbocycles. The maximum absolute atomic E-state index is 2.38. The molecule has 1 aliphatic carbocycles. The summed E-state index contributed by atoms with van der Waals surface area (Å²) >= 11 is 1.95. The highest BCUT2D eigenvalue weighted by molar-refractivity contribution is 7.99. The largest absolute Gasteiger partial charge is 0.0888 e. The Bertz CT molecular complexity index is 1020. The van der Waals surface area contributed by atoms with Gasteiger partial charge in [0.25, 0.3) is 0 Å². The van der Waals surface area contributed by atoms with Crippen LogP contribution in [0.25, 0.3) is 11.1 Å². The summed E-state index contributed by atoms with van der Waals surface area (Å²) in [6.45, 7) is 9.44. The minimum Gasteiger partial charge on any atom is -0.0888 e. The molecule has 1 heterocycles. The zero-order chi connectivity index (χ0) is 17.4. The second-order valence-electron chi connectivity index (χ2n) is 8.26. The van der Waals surface area contributed by atoms with Crippen LogP contribution >= 0.6 is 11.8 Å². The molecule has 3 aromatic carbocycles. The Kier molecular flexibility index (Phi) is 2.93. The number of rotatable bonds is 0. The van der Waals surface area contributed by atoms with Gasteiger partial charge in [-0.15, -0.1) is 0 Å². The van der Waals surface area contributed by atoms with Gasteiger partial charge in [0, 0.05) is 26.2 Å². The molecule has 0 N–H and O–H groups in total. The summed E-state index contributed by atoms with van der Waals surface area (Å²) in [5.41, 5.74) is 8.82. The van der Waals surface area contributed by atoms with Crippen molar-refractivity contribution in [3.05, 3.63) is 82.9 Å². The average molecular weight is 343 g/mol. The molecule has 124 valence electrons. The molecule has 0 nitrogen and oxygen atoms in total. The minimum atomic E-state index is 0.0356. The zero-order valence-corrected chi connectivity index (χ0v) is 16.0. The first-order valence-corrected chi connectivity index (χ1v) is 9.79. The molecule has 0 amide bonds. The Balaban J connectivity index is 1.86. The first-order chi connectivity index (χ1) is 11.9. The third kappa shape index (κ3) is 1.85. The third-order valence-corrected chi connectivity index (χ3v) is 7.35. The fourth-order valence-corrected chi connectivity index (χ4v) is 6.24. The van der Waals surface area contributed by atoms with Crippen LogP contribution in [0.1, 0.15) is 49.9 Å². The molecule has 2 aliphatic rings. The van der Waals surface area contributed by atoms with Crippen molar-refractivity contribution in [2.24, 2.45) is 0 Å². The standard InChI is InChI=1S/C24H22S/c1-23(2)16-10-6-5-9-15(16)21-18(23)13-14-19-22(21)25-20-12-8-7-11-17(20)24(19,3)4/h5-14H,1-4H3. The summed E-state index contributed by atoms with van der Waals surface area (Å²) in [7, 11) is 0. The van der Waals surface area contributed by atoms with Crippen molar-refractivity contribution in [2.45, 2.75) is 48.3 Å². The first-order valence-electron chi connectivity index (χ1n) is 8.97. The lowest BCUT2D eigenvalue weighted by molar-refractivity contribution is 0.604. The summed E-state index contributed by atoms with van der Waals surface area (Å²) in [5.74, 6) is 0. The molecular formula is C24H22S. The lowest BCUT2D eigenvalue weighted by atomic mass is 9.75. The van der Waals surface area contributed by atoms with E-state index < -0.39 is 0 Å². The van der Waals surface area contributed by atoms with E-state index in [0.29, 0.717) is 0 Å². The van der Waals surface area contributed by atoms with E-state index in [1.165, 1.54) is 43.2 Å². The highest BCUT2D eigenvalue weighted by Gasteiger charge is 2.41. The molecule has 3 aromatic rings. The lowest BCUT2D eigenvalue weighted by Crippen LogP contribution is -2.24. The molecule has 0 atom stereocenters. The van der Waals surface area contributed by atoms with E-state index in [2.05, 4.69) is 88.4 Å². The molecule has 0 unspecified atom stereocenters. The second-order valence-corrected chi connectivity index (χ2v) is 9.31. The fraction of sp³-hybridized carbons (Fsp3) is 0.250. The molecule has 25 heavy (non-hydrogen) atoms. The molecule has 1 aliphatic heterocycles. The molecule has 0 bridgehead atoms. The molecular weight excluding hydrogens is 320 g/mol. The van der Waals surface area contributed by atoms with Crippen molar-refractivity contribution in [3.8, 4) is 11.1 Å². The molecule has 0 spiro atoms. The summed E-state index contributed by atoms with van der Waals surface area (Å²) in [6, 6.07) is 22.6. The van der Waals surface area contributed by atoms with Gasteiger partial charge >= 0.3 is 0 Å². The monoisotopic (exact) mass is 342 g/mol. The maximum atomic E-state index is 2.38. The van der Waals surface area contributed by atoms with Gasteiger partial charge in [-0.25, -0.2) is 0 Å². The van der Waals surface area contributed by atoms with E-state index in [1.807, 2.05) is 11.8 Å². The Labute approximate surface area is 154 Å². The van der Waals surface area contributed by atoms with Crippen LogP contribution in [0.2, 0.25) is 0 Å². The Morgan fingerprint density at radius 3 is 2.00 bits per heavy atom. The number of hydrogen-bond acceptors (Lipinski definition) is 1. The van der Waals surface area contributed by atoms with E-state index >= 15 is 0 Å². The van der Waals surface area contributed by atoms with Crippen LogP contribution in [0.3, 0.4) is 0 Å². The van der Waals surface area contributed by atoms with Crippen molar-refractivity contribution in [1.29, 1.82) is 0 Å². The van der Waals surface area contributed by atoms with Crippen molar-refractivity contribution in [1.82, 2.24) is 0 Å². The van der Waals surface area contributed by atoms with Crippen LogP contribution in [-0.4, -0.2) is 0 Å². The van der Waals surface area contributed by atoms with E-state index in [1.54, 1.807) is 0 Å². The van der Waals surface area contributed by atoms with E-state index in [-0.39, 0.29) is 10.8 Å². The first kappa shape index (κ1) is 15.3. The molecule has 1 heteroatoms. The normalized spacial score (nSPS) is 18.1. The average Bonchev–Trinajstić information content (AvgIpc) is 2.84. The predicted octanol–water partition coefficient (Wildman–Crippen LogP) is 6.78. The van der Waals surface area contributed by atoms with Gasteiger partial charge in [-0.3, -0.25) is 0 Å². The fourth-order valence-electron chi connectivity index (χ4n) is 4.69. The SMILES string of the molecule is CC1(C)c2ccccc2Sc2c1ccc1c2-c2ccccc2C1(C)C. The Morgan fingerprint density at radius 2 is 1.20 bits per heavy atom. The van der Waals surface area contributed by atoms with Crippen LogP contribution in [0.15, 0.2) is 70.5 Å². The maximum Gasteiger partial charge on any atom is 0.0245 e. The molecule has 0 radical (unpaired) electrons. The zero-order valence-electron chi connectivity index (χ0n) is 15.2. The van der Waals surface area contributed by atoms with Crippen LogP contribution < -0.4 is 0 Å². The van der Waals surface area contributed by atoms with Crippen LogP contribution in [0.4, 0.5) is 0 Å². The van der Waals surface area contributed by atoms with Crippen molar-refractivity contribution in [2.75, 3.05) is 0 Å². The third-order valence-electron chi connectivity index (χ3n) is 6.15. The van der Waals surface area contributed by atoms with E-state index in [4.69, 9.17) is 0 Å². The van der Waals surface area contributed by atoms with Gasteiger partial charge in [-0.2, -0.15) is 0 Å². The summed E-state index contributed by atoms with van der Waals surface area (Å²) in [6.07, 6.45) is 0. The second kappa shape index (κ2) is 4.80. The summed E-state index contributed by atoms with van der Waals surface area (Å²) in [5, 5.41) is 0. The van der Waals surface area contributed by atoms with Gasteiger partial charge < -0.3 is 0 Å². The highest BCUT2D eigenvalue weighted by Crippen LogP contribution is 2.58. The smallest absolute Gasteiger partial charge is 0.0245 e. The van der Waals surface area contributed by atoms with E-state index in [9.17, 15) is 0 Å². The quantitative estimate of drug-likeness (QED) is 0.434. The highest BCUT2D eigenvalue weighted by atomic mass is 32.2.